The van der Waals surface area contributed by atoms with E-state index in [-0.39, 0.29) is 0 Å². The third kappa shape index (κ3) is 5.50. The van der Waals surface area contributed by atoms with E-state index in [1.807, 2.05) is 0 Å². The average Bonchev–Trinajstić information content (AvgIpc) is 1.61. The van der Waals surface area contributed by atoms with E-state index >= 15 is 0 Å². The summed E-state index contributed by atoms with van der Waals surface area (Å²) in [6.07, 6.45) is 2.18. The molecule has 1 atom stereocenters. The second kappa shape index (κ2) is 3.68. The average molecular weight is 101 g/mol. The van der Waals surface area contributed by atoms with Gasteiger partial charge in [0, 0.05) is 0 Å². The summed E-state index contributed by atoms with van der Waals surface area (Å²) >= 11 is 0. The first-order valence-corrected chi connectivity index (χ1v) is 2.12. The first-order valence-electron chi connectivity index (χ1n) is 2.12. The fourth-order valence-electron chi connectivity index (χ4n) is 0.189. The molecule has 2 nitrogen and oxygen atoms in total. The van der Waals surface area contributed by atoms with Crippen molar-refractivity contribution in [3.63, 3.8) is 0 Å². The summed E-state index contributed by atoms with van der Waals surface area (Å²) in [7, 11) is 1.51. The van der Waals surface area contributed by atoms with Crippen molar-refractivity contribution in [2.75, 3.05) is 7.11 Å². The molecule has 0 aromatic heterocycles. The molecule has 0 bridgehead atoms. The zero-order valence-electron chi connectivity index (χ0n) is 4.55. The van der Waals surface area contributed by atoms with Gasteiger partial charge in [-0.25, -0.2) is 5.11 Å². The Hall–Kier alpha value is -0.500. The van der Waals surface area contributed by atoms with Gasteiger partial charge in [-0.05, 0) is 13.0 Å². The molecule has 0 aliphatic rings. The molecule has 2 heteroatoms. The smallest absolute Gasteiger partial charge is 0.111 e. The van der Waals surface area contributed by atoms with Crippen molar-refractivity contribution in [3.8, 4) is 0 Å². The van der Waals surface area contributed by atoms with Crippen LogP contribution in [-0.2, 0) is 9.84 Å². The van der Waals surface area contributed by atoms with Crippen molar-refractivity contribution >= 4 is 0 Å². The lowest BCUT2D eigenvalue weighted by Gasteiger charge is -1.87. The molecule has 0 saturated heterocycles. The molecule has 0 saturated carbocycles. The molecule has 0 rings (SSSR count). The van der Waals surface area contributed by atoms with Crippen molar-refractivity contribution in [3.05, 3.63) is 12.3 Å². The summed E-state index contributed by atoms with van der Waals surface area (Å²) < 4.78 is 4.47. The van der Waals surface area contributed by atoms with Gasteiger partial charge in [-0.2, -0.15) is 0 Å². The van der Waals surface area contributed by atoms with Gasteiger partial charge in [-0.15, -0.1) is 0 Å². The van der Waals surface area contributed by atoms with Gasteiger partial charge in [0.25, 0.3) is 0 Å². The second-order valence-corrected chi connectivity index (χ2v) is 1.27. The zero-order chi connectivity index (χ0) is 5.70. The van der Waals surface area contributed by atoms with Crippen molar-refractivity contribution in [1.82, 2.24) is 0 Å². The van der Waals surface area contributed by atoms with Crippen LogP contribution in [0.4, 0.5) is 0 Å². The SMILES string of the molecule is COC=CC(C)[O]. The third-order valence-corrected chi connectivity index (χ3v) is 0.486. The molecule has 0 N–H and O–H groups in total. The van der Waals surface area contributed by atoms with Gasteiger partial charge in [-0.1, -0.05) is 0 Å². The van der Waals surface area contributed by atoms with E-state index in [4.69, 9.17) is 0 Å². The van der Waals surface area contributed by atoms with E-state index in [0.717, 1.165) is 0 Å². The van der Waals surface area contributed by atoms with Crippen molar-refractivity contribution in [2.24, 2.45) is 0 Å². The lowest BCUT2D eigenvalue weighted by atomic mass is 10.4. The molecule has 0 heterocycles. The van der Waals surface area contributed by atoms with Crippen LogP contribution in [-0.4, -0.2) is 13.2 Å². The molecule has 0 spiro atoms. The van der Waals surface area contributed by atoms with E-state index in [2.05, 4.69) is 4.74 Å². The summed E-state index contributed by atoms with van der Waals surface area (Å²) in [5, 5.41) is 10.1. The molecule has 1 radical (unpaired) electrons. The maximum absolute atomic E-state index is 10.1. The minimum atomic E-state index is -0.653. The highest BCUT2D eigenvalue weighted by atomic mass is 16.5. The quantitative estimate of drug-likeness (QED) is 0.476. The van der Waals surface area contributed by atoms with Crippen molar-refractivity contribution < 1.29 is 9.84 Å². The predicted molar refractivity (Wildman–Crippen MR) is 26.3 cm³/mol. The Morgan fingerprint density at radius 1 is 1.71 bits per heavy atom. The Kier molecular flexibility index (Phi) is 3.42. The third-order valence-electron chi connectivity index (χ3n) is 0.486. The van der Waals surface area contributed by atoms with Crippen LogP contribution in [0.15, 0.2) is 12.3 Å². The molecule has 0 amide bonds. The highest BCUT2D eigenvalue weighted by Gasteiger charge is 1.84. The lowest BCUT2D eigenvalue weighted by Crippen LogP contribution is -1.88. The lowest BCUT2D eigenvalue weighted by molar-refractivity contribution is 0.143. The highest BCUT2D eigenvalue weighted by molar-refractivity contribution is 4.78. The van der Waals surface area contributed by atoms with Gasteiger partial charge in [0.05, 0.1) is 13.4 Å². The summed E-state index contributed by atoms with van der Waals surface area (Å²) in [6.45, 7) is 1.55. The zero-order valence-corrected chi connectivity index (χ0v) is 4.55. The molecule has 0 aliphatic heterocycles. The number of methoxy groups -OCH3 is 1. The van der Waals surface area contributed by atoms with E-state index in [0.29, 0.717) is 0 Å². The van der Waals surface area contributed by atoms with Crippen molar-refractivity contribution in [2.45, 2.75) is 13.0 Å². The van der Waals surface area contributed by atoms with E-state index in [9.17, 15) is 5.11 Å². The number of ether oxygens (including phenoxy) is 1. The molecule has 0 aromatic rings. The van der Waals surface area contributed by atoms with Crippen LogP contribution < -0.4 is 0 Å². The number of rotatable bonds is 2. The molecule has 41 valence electrons. The molecular formula is C5H9O2. The minimum Gasteiger partial charge on any atom is -0.505 e. The van der Waals surface area contributed by atoms with Crippen LogP contribution in [0.5, 0.6) is 0 Å². The van der Waals surface area contributed by atoms with Crippen LogP contribution in [0.25, 0.3) is 0 Å². The Morgan fingerprint density at radius 2 is 2.29 bits per heavy atom. The van der Waals surface area contributed by atoms with Crippen molar-refractivity contribution in [1.29, 1.82) is 0 Å². The van der Waals surface area contributed by atoms with Gasteiger partial charge < -0.3 is 4.74 Å². The Morgan fingerprint density at radius 3 is 2.43 bits per heavy atom. The maximum Gasteiger partial charge on any atom is 0.111 e. The van der Waals surface area contributed by atoms with Gasteiger partial charge >= 0.3 is 0 Å². The number of hydrogen-bond donors (Lipinski definition) is 0. The van der Waals surface area contributed by atoms with Gasteiger partial charge in [0.1, 0.15) is 6.10 Å². The molecule has 0 fully saturated rings. The van der Waals surface area contributed by atoms with Crippen LogP contribution in [0.1, 0.15) is 6.92 Å². The molecule has 0 aromatic carbocycles. The standard InChI is InChI=1S/C5H9O2/c1-5(6)3-4-7-2/h3-5H,1-2H3. The van der Waals surface area contributed by atoms with Gasteiger partial charge in [0.15, 0.2) is 0 Å². The Labute approximate surface area is 43.4 Å². The molecule has 0 aliphatic carbocycles. The summed E-state index contributed by atoms with van der Waals surface area (Å²) in [5.74, 6) is 0. The molecular weight excluding hydrogens is 92.1 g/mol. The van der Waals surface area contributed by atoms with E-state index < -0.39 is 6.10 Å². The van der Waals surface area contributed by atoms with E-state index in [1.165, 1.54) is 19.4 Å². The molecule has 1 unspecified atom stereocenters. The topological polar surface area (TPSA) is 29.1 Å². The maximum atomic E-state index is 10.1. The van der Waals surface area contributed by atoms with Crippen LogP contribution in [0.3, 0.4) is 0 Å². The fraction of sp³-hybridized carbons (Fsp3) is 0.600. The second-order valence-electron chi connectivity index (χ2n) is 1.27. The summed E-state index contributed by atoms with van der Waals surface area (Å²) in [5.41, 5.74) is 0. The van der Waals surface area contributed by atoms with Gasteiger partial charge in [-0.3, -0.25) is 0 Å². The summed E-state index contributed by atoms with van der Waals surface area (Å²) in [6, 6.07) is 0. The minimum absolute atomic E-state index is 0.653. The van der Waals surface area contributed by atoms with E-state index in [1.54, 1.807) is 6.92 Å². The predicted octanol–water partition coefficient (Wildman–Crippen LogP) is 0.966. The fourth-order valence-corrected chi connectivity index (χ4v) is 0.189. The Bertz CT molecular complexity index is 57.1. The number of hydrogen-bond acceptors (Lipinski definition) is 1. The van der Waals surface area contributed by atoms with Crippen LogP contribution >= 0.6 is 0 Å². The normalized spacial score (nSPS) is 14.7. The first-order chi connectivity index (χ1) is 3.27. The Balaban J connectivity index is 3.08. The summed E-state index contributed by atoms with van der Waals surface area (Å²) in [4.78, 5) is 0. The highest BCUT2D eigenvalue weighted by Crippen LogP contribution is 1.81. The first kappa shape index (κ1) is 6.50. The largest absolute Gasteiger partial charge is 0.505 e. The van der Waals surface area contributed by atoms with Crippen LogP contribution in [0, 0.1) is 0 Å². The molecule has 7 heavy (non-hydrogen) atoms. The van der Waals surface area contributed by atoms with Gasteiger partial charge in [0.2, 0.25) is 0 Å². The monoisotopic (exact) mass is 101 g/mol. The van der Waals surface area contributed by atoms with Crippen LogP contribution in [0.2, 0.25) is 0 Å².